The highest BCUT2D eigenvalue weighted by molar-refractivity contribution is 5.90. The van der Waals surface area contributed by atoms with E-state index in [9.17, 15) is 4.79 Å². The molecule has 1 saturated heterocycles. The van der Waals surface area contributed by atoms with Crippen LogP contribution in [0.1, 0.15) is 11.1 Å². The van der Waals surface area contributed by atoms with Crippen molar-refractivity contribution in [2.75, 3.05) is 33.3 Å². The Morgan fingerprint density at radius 3 is 2.19 bits per heavy atom. The molecule has 0 unspecified atom stereocenters. The number of hydrogen-bond donors (Lipinski definition) is 0. The van der Waals surface area contributed by atoms with Crippen molar-refractivity contribution >= 4 is 21.9 Å². The molecule has 0 atom stereocenters. The van der Waals surface area contributed by atoms with E-state index < -0.39 is 0 Å². The first-order valence-corrected chi connectivity index (χ1v) is 10.7. The van der Waals surface area contributed by atoms with E-state index >= 15 is 0 Å². The second-order valence-electron chi connectivity index (χ2n) is 8.16. The highest BCUT2D eigenvalue weighted by Crippen LogP contribution is 2.24. The Morgan fingerprint density at radius 2 is 1.48 bits per heavy atom. The van der Waals surface area contributed by atoms with E-state index in [0.717, 1.165) is 44.8 Å². The van der Waals surface area contributed by atoms with Gasteiger partial charge < -0.3 is 9.15 Å². The molecule has 0 spiro atoms. The fraction of sp³-hybridized carbons (Fsp3) is 0.269. The summed E-state index contributed by atoms with van der Waals surface area (Å²) >= 11 is 0. The van der Waals surface area contributed by atoms with Gasteiger partial charge in [-0.3, -0.25) is 14.6 Å². The molecule has 1 aromatic heterocycles. The molecule has 3 aromatic carbocycles. The van der Waals surface area contributed by atoms with Gasteiger partial charge in [-0.25, -0.2) is 0 Å². The molecule has 0 aliphatic carbocycles. The fourth-order valence-corrected chi connectivity index (χ4v) is 4.31. The van der Waals surface area contributed by atoms with Gasteiger partial charge in [0.05, 0.1) is 17.9 Å². The zero-order chi connectivity index (χ0) is 21.2. The summed E-state index contributed by atoms with van der Waals surface area (Å²) < 4.78 is 11.2. The third kappa shape index (κ3) is 4.20. The first-order chi connectivity index (χ1) is 15.2. The van der Waals surface area contributed by atoms with Crippen LogP contribution >= 0.6 is 0 Å². The minimum absolute atomic E-state index is 0.00781. The molecule has 158 valence electrons. The van der Waals surface area contributed by atoms with E-state index in [1.54, 1.807) is 25.3 Å². The van der Waals surface area contributed by atoms with E-state index in [4.69, 9.17) is 9.15 Å². The first kappa shape index (κ1) is 19.8. The zero-order valence-electron chi connectivity index (χ0n) is 17.7. The van der Waals surface area contributed by atoms with Crippen molar-refractivity contribution in [3.8, 4) is 5.75 Å². The van der Waals surface area contributed by atoms with Gasteiger partial charge >= 0.3 is 0 Å². The summed E-state index contributed by atoms with van der Waals surface area (Å²) in [6.07, 6.45) is 0. The maximum absolute atomic E-state index is 13.0. The Bertz CT molecular complexity index is 1260. The van der Waals surface area contributed by atoms with Crippen LogP contribution in [0.15, 0.2) is 75.9 Å². The lowest BCUT2D eigenvalue weighted by atomic mass is 10.1. The summed E-state index contributed by atoms with van der Waals surface area (Å²) in [5, 5.41) is 1.22. The Morgan fingerprint density at radius 1 is 0.774 bits per heavy atom. The second-order valence-corrected chi connectivity index (χ2v) is 8.16. The molecule has 4 aromatic rings. The molecule has 31 heavy (non-hydrogen) atoms. The fourth-order valence-electron chi connectivity index (χ4n) is 4.31. The lowest BCUT2D eigenvalue weighted by Gasteiger charge is -2.34. The Labute approximate surface area is 181 Å². The van der Waals surface area contributed by atoms with Gasteiger partial charge in [0.15, 0.2) is 0 Å². The molecule has 0 radical (unpaired) electrons. The lowest BCUT2D eigenvalue weighted by Crippen LogP contribution is -2.45. The Hall–Kier alpha value is -3.15. The summed E-state index contributed by atoms with van der Waals surface area (Å²) in [5.41, 5.74) is 3.68. The molecule has 1 aliphatic heterocycles. The van der Waals surface area contributed by atoms with E-state index in [-0.39, 0.29) is 5.43 Å². The van der Waals surface area contributed by atoms with Gasteiger partial charge in [-0.2, -0.15) is 0 Å². The first-order valence-electron chi connectivity index (χ1n) is 10.7. The quantitative estimate of drug-likeness (QED) is 0.457. The summed E-state index contributed by atoms with van der Waals surface area (Å²) in [5.74, 6) is 0.679. The van der Waals surface area contributed by atoms with Crippen LogP contribution in [0.2, 0.25) is 0 Å². The van der Waals surface area contributed by atoms with Gasteiger partial charge in [0.1, 0.15) is 16.9 Å². The topological polar surface area (TPSA) is 45.9 Å². The zero-order valence-corrected chi connectivity index (χ0v) is 17.7. The predicted molar refractivity (Wildman–Crippen MR) is 124 cm³/mol. The highest BCUT2D eigenvalue weighted by atomic mass is 16.5. The van der Waals surface area contributed by atoms with Crippen LogP contribution < -0.4 is 10.2 Å². The number of piperazine rings is 1. The van der Waals surface area contributed by atoms with Crippen molar-refractivity contribution in [1.82, 2.24) is 9.80 Å². The second kappa shape index (κ2) is 8.53. The van der Waals surface area contributed by atoms with Gasteiger partial charge in [0.25, 0.3) is 0 Å². The molecular formula is C26H26N2O3. The van der Waals surface area contributed by atoms with Crippen LogP contribution in [0, 0.1) is 0 Å². The number of rotatable bonds is 5. The maximum Gasteiger partial charge on any atom is 0.200 e. The van der Waals surface area contributed by atoms with E-state index in [2.05, 4.69) is 46.2 Å². The molecule has 0 saturated carbocycles. The smallest absolute Gasteiger partial charge is 0.200 e. The van der Waals surface area contributed by atoms with Crippen LogP contribution in [0.25, 0.3) is 21.9 Å². The van der Waals surface area contributed by atoms with E-state index in [0.29, 0.717) is 27.7 Å². The van der Waals surface area contributed by atoms with Crippen molar-refractivity contribution < 1.29 is 9.15 Å². The van der Waals surface area contributed by atoms with Crippen molar-refractivity contribution in [3.05, 3.63) is 88.1 Å². The predicted octanol–water partition coefficient (Wildman–Crippen LogP) is 4.27. The van der Waals surface area contributed by atoms with E-state index in [1.807, 2.05) is 12.1 Å². The summed E-state index contributed by atoms with van der Waals surface area (Å²) in [6, 6.07) is 21.9. The van der Waals surface area contributed by atoms with Crippen LogP contribution in [0.5, 0.6) is 5.75 Å². The summed E-state index contributed by atoms with van der Waals surface area (Å²) in [6.45, 7) is 6.00. The molecule has 5 nitrogen and oxygen atoms in total. The molecule has 2 heterocycles. The number of hydrogen-bond acceptors (Lipinski definition) is 5. The van der Waals surface area contributed by atoms with Crippen LogP contribution in [0.4, 0.5) is 0 Å². The maximum atomic E-state index is 13.0. The number of nitrogens with zero attached hydrogens (tertiary/aromatic N) is 2. The highest BCUT2D eigenvalue weighted by Gasteiger charge is 2.18. The largest absolute Gasteiger partial charge is 0.497 e. The Balaban J connectivity index is 1.30. The minimum atomic E-state index is 0.00781. The summed E-state index contributed by atoms with van der Waals surface area (Å²) in [4.78, 5) is 18.0. The molecule has 5 heteroatoms. The average molecular weight is 415 g/mol. The molecule has 1 aliphatic rings. The third-order valence-electron chi connectivity index (χ3n) is 6.06. The van der Waals surface area contributed by atoms with Crippen molar-refractivity contribution in [2.24, 2.45) is 0 Å². The van der Waals surface area contributed by atoms with Gasteiger partial charge in [0.2, 0.25) is 5.43 Å². The standard InChI is InChI=1S/C26H26N2O3/c1-30-21-8-9-22-25(16-21)31-24-10-7-20(15-23(24)26(22)29)18-28-13-11-27(12-14-28)17-19-5-3-2-4-6-19/h2-10,15-16H,11-14,17-18H2,1H3. The molecule has 0 N–H and O–H groups in total. The molecule has 0 amide bonds. The number of fused-ring (bicyclic) bond motifs is 2. The summed E-state index contributed by atoms with van der Waals surface area (Å²) in [7, 11) is 1.61. The van der Waals surface area contributed by atoms with Gasteiger partial charge in [-0.1, -0.05) is 36.4 Å². The van der Waals surface area contributed by atoms with Gasteiger partial charge in [0, 0.05) is 45.3 Å². The molecule has 0 bridgehead atoms. The van der Waals surface area contributed by atoms with Crippen LogP contribution in [-0.4, -0.2) is 43.1 Å². The SMILES string of the molecule is COc1ccc2c(=O)c3cc(CN4CCN(Cc5ccccc5)CC4)ccc3oc2c1. The Kier molecular flexibility index (Phi) is 5.45. The number of ether oxygens (including phenoxy) is 1. The van der Waals surface area contributed by atoms with E-state index in [1.165, 1.54) is 5.56 Å². The normalized spacial score (nSPS) is 15.5. The van der Waals surface area contributed by atoms with Crippen molar-refractivity contribution in [3.63, 3.8) is 0 Å². The average Bonchev–Trinajstić information content (AvgIpc) is 2.81. The van der Waals surface area contributed by atoms with Gasteiger partial charge in [-0.15, -0.1) is 0 Å². The van der Waals surface area contributed by atoms with Gasteiger partial charge in [-0.05, 0) is 35.4 Å². The van der Waals surface area contributed by atoms with Crippen molar-refractivity contribution in [2.45, 2.75) is 13.1 Å². The monoisotopic (exact) mass is 414 g/mol. The molecule has 5 rings (SSSR count). The third-order valence-corrected chi connectivity index (χ3v) is 6.06. The lowest BCUT2D eigenvalue weighted by molar-refractivity contribution is 0.122. The van der Waals surface area contributed by atoms with Crippen molar-refractivity contribution in [1.29, 1.82) is 0 Å². The van der Waals surface area contributed by atoms with Crippen LogP contribution in [0.3, 0.4) is 0 Å². The minimum Gasteiger partial charge on any atom is -0.497 e. The molecular weight excluding hydrogens is 388 g/mol. The number of methoxy groups -OCH3 is 1. The molecule has 1 fully saturated rings. The number of benzene rings is 3. The van der Waals surface area contributed by atoms with Crippen LogP contribution in [-0.2, 0) is 13.1 Å².